The molecule has 7 nitrogen and oxygen atoms in total. The summed E-state index contributed by atoms with van der Waals surface area (Å²) in [6.07, 6.45) is 2.42. The van der Waals surface area contributed by atoms with Gasteiger partial charge in [-0.2, -0.15) is 5.10 Å². The highest BCUT2D eigenvalue weighted by Gasteiger charge is 2.21. The standard InChI is InChI=1S/C18H19Cl2N3O4S/c1-3-27-17-6-4-13(5-7-17)11-21-22-18(24)12-23(28(2,25)26)16-9-14(19)8-15(20)10-16/h4-11H,3,12H2,1-2H3,(H,22,24)/b21-11-. The Morgan fingerprint density at radius 3 is 2.32 bits per heavy atom. The molecule has 0 saturated carbocycles. The van der Waals surface area contributed by atoms with Crippen LogP contribution in [-0.4, -0.2) is 39.9 Å². The van der Waals surface area contributed by atoms with Crippen LogP contribution in [-0.2, 0) is 14.8 Å². The molecule has 0 aliphatic carbocycles. The Hall–Kier alpha value is -2.29. The van der Waals surface area contributed by atoms with Crippen molar-refractivity contribution in [2.24, 2.45) is 5.10 Å². The Labute approximate surface area is 173 Å². The quantitative estimate of drug-likeness (QED) is 0.500. The van der Waals surface area contributed by atoms with Crippen LogP contribution in [0.15, 0.2) is 47.6 Å². The number of halogens is 2. The molecular weight excluding hydrogens is 425 g/mol. The number of sulfonamides is 1. The first-order valence-electron chi connectivity index (χ1n) is 8.17. The molecule has 2 rings (SSSR count). The second-order valence-corrected chi connectivity index (χ2v) is 8.47. The summed E-state index contributed by atoms with van der Waals surface area (Å²) >= 11 is 11.8. The molecule has 28 heavy (non-hydrogen) atoms. The third-order valence-corrected chi connectivity index (χ3v) is 4.99. The summed E-state index contributed by atoms with van der Waals surface area (Å²) in [4.78, 5) is 12.2. The summed E-state index contributed by atoms with van der Waals surface area (Å²) < 4.78 is 30.4. The molecule has 0 atom stereocenters. The lowest BCUT2D eigenvalue weighted by atomic mass is 10.2. The van der Waals surface area contributed by atoms with Crippen molar-refractivity contribution in [3.05, 3.63) is 58.1 Å². The second kappa shape index (κ2) is 9.77. The molecule has 1 N–H and O–H groups in total. The van der Waals surface area contributed by atoms with Crippen molar-refractivity contribution >= 4 is 51.0 Å². The van der Waals surface area contributed by atoms with Crippen LogP contribution < -0.4 is 14.5 Å². The number of nitrogens with zero attached hydrogens (tertiary/aromatic N) is 2. The van der Waals surface area contributed by atoms with Gasteiger partial charge in [0.2, 0.25) is 10.0 Å². The number of carbonyl (C=O) groups is 1. The van der Waals surface area contributed by atoms with Crippen LogP contribution in [0.25, 0.3) is 0 Å². The van der Waals surface area contributed by atoms with Gasteiger partial charge in [0.1, 0.15) is 12.3 Å². The fourth-order valence-electron chi connectivity index (χ4n) is 2.24. The number of nitrogens with one attached hydrogen (secondary N) is 1. The van der Waals surface area contributed by atoms with Gasteiger partial charge in [0, 0.05) is 10.0 Å². The van der Waals surface area contributed by atoms with Crippen LogP contribution in [0.5, 0.6) is 5.75 Å². The largest absolute Gasteiger partial charge is 0.494 e. The van der Waals surface area contributed by atoms with Gasteiger partial charge in [-0.15, -0.1) is 0 Å². The van der Waals surface area contributed by atoms with Crippen molar-refractivity contribution in [3.63, 3.8) is 0 Å². The first-order valence-corrected chi connectivity index (χ1v) is 10.8. The smallest absolute Gasteiger partial charge is 0.260 e. The van der Waals surface area contributed by atoms with Gasteiger partial charge in [0.15, 0.2) is 0 Å². The Bertz CT molecular complexity index is 943. The number of carbonyl (C=O) groups excluding carboxylic acids is 1. The van der Waals surface area contributed by atoms with E-state index in [1.54, 1.807) is 24.3 Å². The van der Waals surface area contributed by atoms with Gasteiger partial charge in [-0.3, -0.25) is 9.10 Å². The minimum Gasteiger partial charge on any atom is -0.494 e. The number of benzene rings is 2. The molecular formula is C18H19Cl2N3O4S. The summed E-state index contributed by atoms with van der Waals surface area (Å²) in [5.74, 6) is 0.108. The zero-order valence-electron chi connectivity index (χ0n) is 15.2. The number of hydrazone groups is 1. The zero-order valence-corrected chi connectivity index (χ0v) is 17.6. The van der Waals surface area contributed by atoms with E-state index < -0.39 is 22.5 Å². The molecule has 0 unspecified atom stereocenters. The predicted molar refractivity (Wildman–Crippen MR) is 112 cm³/mol. The number of hydrogen-bond acceptors (Lipinski definition) is 5. The molecule has 2 aromatic rings. The number of hydrogen-bond donors (Lipinski definition) is 1. The second-order valence-electron chi connectivity index (χ2n) is 5.69. The molecule has 0 bridgehead atoms. The highest BCUT2D eigenvalue weighted by atomic mass is 35.5. The van der Waals surface area contributed by atoms with Crippen molar-refractivity contribution in [2.45, 2.75) is 6.92 Å². The van der Waals surface area contributed by atoms with Gasteiger partial charge in [-0.05, 0) is 55.0 Å². The Morgan fingerprint density at radius 1 is 1.18 bits per heavy atom. The van der Waals surface area contributed by atoms with Crippen LogP contribution in [0.3, 0.4) is 0 Å². The average Bonchev–Trinajstić information content (AvgIpc) is 2.59. The van der Waals surface area contributed by atoms with Gasteiger partial charge in [-0.1, -0.05) is 23.2 Å². The van der Waals surface area contributed by atoms with Crippen molar-refractivity contribution in [1.82, 2.24) is 5.43 Å². The highest BCUT2D eigenvalue weighted by molar-refractivity contribution is 7.92. The van der Waals surface area contributed by atoms with Gasteiger partial charge in [0.05, 0.1) is 24.8 Å². The Kier molecular flexibility index (Phi) is 7.68. The summed E-state index contributed by atoms with van der Waals surface area (Å²) in [5, 5.41) is 4.35. The first-order chi connectivity index (χ1) is 13.2. The molecule has 150 valence electrons. The van der Waals surface area contributed by atoms with E-state index in [1.807, 2.05) is 6.92 Å². The number of rotatable bonds is 8. The number of anilines is 1. The van der Waals surface area contributed by atoms with E-state index in [-0.39, 0.29) is 15.7 Å². The summed E-state index contributed by atoms with van der Waals surface area (Å²) in [5.41, 5.74) is 3.23. The molecule has 0 saturated heterocycles. The minimum atomic E-state index is -3.74. The lowest BCUT2D eigenvalue weighted by Crippen LogP contribution is -2.39. The van der Waals surface area contributed by atoms with E-state index in [0.717, 1.165) is 21.9 Å². The maximum absolute atomic E-state index is 12.2. The summed E-state index contributed by atoms with van der Waals surface area (Å²) in [6.45, 7) is 1.98. The lowest BCUT2D eigenvalue weighted by Gasteiger charge is -2.21. The Morgan fingerprint density at radius 2 is 1.79 bits per heavy atom. The molecule has 0 aliphatic heterocycles. The third-order valence-electron chi connectivity index (χ3n) is 3.42. The molecule has 10 heteroatoms. The van der Waals surface area contributed by atoms with Crippen LogP contribution in [0, 0.1) is 0 Å². The average molecular weight is 444 g/mol. The van der Waals surface area contributed by atoms with E-state index in [4.69, 9.17) is 27.9 Å². The summed E-state index contributed by atoms with van der Waals surface area (Å²) in [6, 6.07) is 11.4. The molecule has 0 fully saturated rings. The molecule has 0 aliphatic rings. The third kappa shape index (κ3) is 6.70. The van der Waals surface area contributed by atoms with E-state index in [0.29, 0.717) is 6.61 Å². The van der Waals surface area contributed by atoms with Crippen LogP contribution in [0.1, 0.15) is 12.5 Å². The molecule has 0 aromatic heterocycles. The summed E-state index contributed by atoms with van der Waals surface area (Å²) in [7, 11) is -3.74. The van der Waals surface area contributed by atoms with Gasteiger partial charge < -0.3 is 4.74 Å². The maximum atomic E-state index is 12.2. The molecule has 1 amide bonds. The SMILES string of the molecule is CCOc1ccc(/C=N\NC(=O)CN(c2cc(Cl)cc(Cl)c2)S(C)(=O)=O)cc1. The lowest BCUT2D eigenvalue weighted by molar-refractivity contribution is -0.119. The highest BCUT2D eigenvalue weighted by Crippen LogP contribution is 2.26. The van der Waals surface area contributed by atoms with E-state index in [2.05, 4.69) is 10.5 Å². The van der Waals surface area contributed by atoms with Crippen LogP contribution in [0.2, 0.25) is 10.0 Å². The van der Waals surface area contributed by atoms with Gasteiger partial charge in [-0.25, -0.2) is 13.8 Å². The fourth-order valence-corrected chi connectivity index (χ4v) is 3.60. The minimum absolute atomic E-state index is 0.186. The van der Waals surface area contributed by atoms with Gasteiger partial charge in [0.25, 0.3) is 5.91 Å². The maximum Gasteiger partial charge on any atom is 0.260 e. The van der Waals surface area contributed by atoms with Crippen LogP contribution in [0.4, 0.5) is 5.69 Å². The fraction of sp³-hybridized carbons (Fsp3) is 0.222. The van der Waals surface area contributed by atoms with Crippen molar-refractivity contribution < 1.29 is 17.9 Å². The molecule has 0 heterocycles. The van der Waals surface area contributed by atoms with Gasteiger partial charge >= 0.3 is 0 Å². The van der Waals surface area contributed by atoms with Crippen molar-refractivity contribution in [3.8, 4) is 5.75 Å². The van der Waals surface area contributed by atoms with Crippen LogP contribution >= 0.6 is 23.2 Å². The van der Waals surface area contributed by atoms with E-state index in [9.17, 15) is 13.2 Å². The normalized spacial score (nSPS) is 11.4. The first kappa shape index (κ1) is 22.0. The topological polar surface area (TPSA) is 88.1 Å². The van der Waals surface area contributed by atoms with Crippen molar-refractivity contribution in [1.29, 1.82) is 0 Å². The Balaban J connectivity index is 2.05. The predicted octanol–water partition coefficient (Wildman–Crippen LogP) is 3.31. The molecule has 2 aromatic carbocycles. The zero-order chi connectivity index (χ0) is 20.7. The number of amides is 1. The van der Waals surface area contributed by atoms with E-state index in [1.165, 1.54) is 24.4 Å². The molecule has 0 radical (unpaired) electrons. The van der Waals surface area contributed by atoms with E-state index >= 15 is 0 Å². The monoisotopic (exact) mass is 443 g/mol. The molecule has 0 spiro atoms. The number of ether oxygens (including phenoxy) is 1. The van der Waals surface area contributed by atoms with Crippen molar-refractivity contribution in [2.75, 3.05) is 23.7 Å².